The summed E-state index contributed by atoms with van der Waals surface area (Å²) in [4.78, 5) is 21.6. The van der Waals surface area contributed by atoms with Gasteiger partial charge in [0.2, 0.25) is 5.91 Å². The number of hydrogen-bond acceptors (Lipinski definition) is 7. The van der Waals surface area contributed by atoms with Crippen LogP contribution in [0.4, 0.5) is 16.0 Å². The zero-order valence-electron chi connectivity index (χ0n) is 14.8. The summed E-state index contributed by atoms with van der Waals surface area (Å²) >= 11 is 2.97. The lowest BCUT2D eigenvalue weighted by Gasteiger charge is -2.05. The van der Waals surface area contributed by atoms with Gasteiger partial charge in [0.15, 0.2) is 10.3 Å². The summed E-state index contributed by atoms with van der Waals surface area (Å²) in [5.41, 5.74) is 2.67. The minimum atomic E-state index is -0.0403. The summed E-state index contributed by atoms with van der Waals surface area (Å²) in [6, 6.07) is 7.78. The number of nitrogens with zero attached hydrogens (tertiary/aromatic N) is 2. The van der Waals surface area contributed by atoms with Crippen LogP contribution >= 0.6 is 22.7 Å². The molecule has 1 aromatic carbocycles. The van der Waals surface area contributed by atoms with Gasteiger partial charge in [-0.3, -0.25) is 4.79 Å². The molecule has 3 rings (SSSR count). The van der Waals surface area contributed by atoms with Crippen LogP contribution in [-0.2, 0) is 4.79 Å². The quantitative estimate of drug-likeness (QED) is 0.591. The van der Waals surface area contributed by atoms with Crippen LogP contribution in [0.5, 0.6) is 5.75 Å². The molecular weight excluding hydrogens is 368 g/mol. The number of carbonyl (C=O) groups excluding carboxylic acids is 1. The lowest BCUT2D eigenvalue weighted by molar-refractivity contribution is -0.115. The van der Waals surface area contributed by atoms with Crippen molar-refractivity contribution in [3.8, 4) is 16.3 Å². The highest BCUT2D eigenvalue weighted by molar-refractivity contribution is 7.20. The fourth-order valence-corrected chi connectivity index (χ4v) is 3.99. The predicted molar refractivity (Wildman–Crippen MR) is 108 cm³/mol. The first-order chi connectivity index (χ1) is 12.6. The van der Waals surface area contributed by atoms with Crippen LogP contribution < -0.4 is 15.4 Å². The zero-order chi connectivity index (χ0) is 18.5. The third-order valence-corrected chi connectivity index (χ3v) is 5.37. The van der Waals surface area contributed by atoms with Gasteiger partial charge in [-0.15, -0.1) is 11.3 Å². The van der Waals surface area contributed by atoms with E-state index in [0.717, 1.165) is 32.8 Å². The molecular formula is C18H20N4O2S2. The van der Waals surface area contributed by atoms with E-state index in [0.29, 0.717) is 18.2 Å². The Morgan fingerprint density at radius 1 is 1.15 bits per heavy atom. The van der Waals surface area contributed by atoms with Crippen molar-refractivity contribution in [1.29, 1.82) is 0 Å². The first-order valence-electron chi connectivity index (χ1n) is 8.32. The SMILES string of the molecule is CCOc1ccc(Nc2nc(-c3sc(NC(=O)CC)nc3C)cs2)cc1. The standard InChI is InChI=1S/C18H20N4O2S2/c1-4-15(23)22-18-19-11(3)16(26-18)14-10-25-17(21-14)20-12-6-8-13(9-7-12)24-5-2/h6-10H,4-5H2,1-3H3,(H,20,21)(H,19,22,23). The van der Waals surface area contributed by atoms with E-state index < -0.39 is 0 Å². The minimum absolute atomic E-state index is 0.0403. The van der Waals surface area contributed by atoms with Gasteiger partial charge in [-0.25, -0.2) is 9.97 Å². The van der Waals surface area contributed by atoms with Crippen LogP contribution in [0.1, 0.15) is 26.0 Å². The molecule has 0 saturated heterocycles. The molecule has 0 radical (unpaired) electrons. The number of hydrogen-bond donors (Lipinski definition) is 2. The fourth-order valence-electron chi connectivity index (χ4n) is 2.26. The molecule has 3 aromatic rings. The lowest BCUT2D eigenvalue weighted by Crippen LogP contribution is -2.08. The number of anilines is 3. The van der Waals surface area contributed by atoms with Gasteiger partial charge in [0.05, 0.1) is 22.9 Å². The van der Waals surface area contributed by atoms with E-state index in [2.05, 4.69) is 20.6 Å². The van der Waals surface area contributed by atoms with E-state index in [1.54, 1.807) is 0 Å². The monoisotopic (exact) mass is 388 g/mol. The van der Waals surface area contributed by atoms with E-state index in [9.17, 15) is 4.79 Å². The second-order valence-electron chi connectivity index (χ2n) is 5.46. The second kappa shape index (κ2) is 8.29. The van der Waals surface area contributed by atoms with Crippen LogP contribution in [0.15, 0.2) is 29.6 Å². The molecule has 2 heterocycles. The molecule has 1 amide bonds. The average Bonchev–Trinajstić information content (AvgIpc) is 3.23. The number of aryl methyl sites for hydroxylation is 1. The van der Waals surface area contributed by atoms with Crippen LogP contribution in [0.3, 0.4) is 0 Å². The van der Waals surface area contributed by atoms with Gasteiger partial charge in [0, 0.05) is 17.5 Å². The number of ether oxygens (including phenoxy) is 1. The molecule has 136 valence electrons. The van der Waals surface area contributed by atoms with Crippen molar-refractivity contribution in [3.63, 3.8) is 0 Å². The maximum atomic E-state index is 11.5. The topological polar surface area (TPSA) is 76.1 Å². The molecule has 2 N–H and O–H groups in total. The number of nitrogens with one attached hydrogen (secondary N) is 2. The highest BCUT2D eigenvalue weighted by atomic mass is 32.1. The molecule has 2 aromatic heterocycles. The molecule has 8 heteroatoms. The molecule has 0 unspecified atom stereocenters. The van der Waals surface area contributed by atoms with Crippen LogP contribution in [-0.4, -0.2) is 22.5 Å². The second-order valence-corrected chi connectivity index (χ2v) is 7.31. The van der Waals surface area contributed by atoms with E-state index in [1.807, 2.05) is 50.4 Å². The number of carbonyl (C=O) groups is 1. The Balaban J connectivity index is 1.72. The Bertz CT molecular complexity index is 887. The average molecular weight is 389 g/mol. The van der Waals surface area contributed by atoms with Gasteiger partial charge in [-0.2, -0.15) is 0 Å². The highest BCUT2D eigenvalue weighted by Gasteiger charge is 2.14. The molecule has 0 aliphatic rings. The summed E-state index contributed by atoms with van der Waals surface area (Å²) < 4.78 is 5.45. The Kier molecular flexibility index (Phi) is 5.85. The highest BCUT2D eigenvalue weighted by Crippen LogP contribution is 2.35. The molecule has 26 heavy (non-hydrogen) atoms. The maximum Gasteiger partial charge on any atom is 0.225 e. The number of benzene rings is 1. The summed E-state index contributed by atoms with van der Waals surface area (Å²) in [6.45, 7) is 6.35. The predicted octanol–water partition coefficient (Wildman–Crippen LogP) is 5.07. The molecule has 0 saturated carbocycles. The van der Waals surface area contributed by atoms with E-state index in [-0.39, 0.29) is 5.91 Å². The summed E-state index contributed by atoms with van der Waals surface area (Å²) in [7, 11) is 0. The third-order valence-electron chi connectivity index (χ3n) is 3.52. The van der Waals surface area contributed by atoms with Gasteiger partial charge < -0.3 is 15.4 Å². The first kappa shape index (κ1) is 18.3. The normalized spacial score (nSPS) is 10.6. The minimum Gasteiger partial charge on any atom is -0.494 e. The number of thiazole rings is 2. The van der Waals surface area contributed by atoms with Crippen molar-refractivity contribution < 1.29 is 9.53 Å². The van der Waals surface area contributed by atoms with Gasteiger partial charge >= 0.3 is 0 Å². The summed E-state index contributed by atoms with van der Waals surface area (Å²) in [5.74, 6) is 0.807. The Morgan fingerprint density at radius 3 is 2.62 bits per heavy atom. The lowest BCUT2D eigenvalue weighted by atomic mass is 10.3. The molecule has 0 spiro atoms. The summed E-state index contributed by atoms with van der Waals surface area (Å²) in [6.07, 6.45) is 0.431. The van der Waals surface area contributed by atoms with Gasteiger partial charge in [-0.1, -0.05) is 18.3 Å². The zero-order valence-corrected chi connectivity index (χ0v) is 16.5. The molecule has 0 fully saturated rings. The van der Waals surface area contributed by atoms with Crippen molar-refractivity contribution in [1.82, 2.24) is 9.97 Å². The van der Waals surface area contributed by atoms with Gasteiger partial charge in [-0.05, 0) is 38.1 Å². The number of rotatable bonds is 7. The Labute approximate surface area is 160 Å². The molecule has 0 atom stereocenters. The van der Waals surface area contributed by atoms with Crippen molar-refractivity contribution in [2.24, 2.45) is 0 Å². The number of aromatic nitrogens is 2. The van der Waals surface area contributed by atoms with E-state index >= 15 is 0 Å². The first-order valence-corrected chi connectivity index (χ1v) is 10.0. The van der Waals surface area contributed by atoms with E-state index in [1.165, 1.54) is 22.7 Å². The molecule has 6 nitrogen and oxygen atoms in total. The largest absolute Gasteiger partial charge is 0.494 e. The van der Waals surface area contributed by atoms with Crippen LogP contribution in [0, 0.1) is 6.92 Å². The van der Waals surface area contributed by atoms with Crippen LogP contribution in [0.25, 0.3) is 10.6 Å². The molecule has 0 bridgehead atoms. The Morgan fingerprint density at radius 2 is 1.92 bits per heavy atom. The Hall–Kier alpha value is -2.45. The van der Waals surface area contributed by atoms with Gasteiger partial charge in [0.25, 0.3) is 0 Å². The molecule has 0 aliphatic carbocycles. The van der Waals surface area contributed by atoms with Crippen molar-refractivity contribution in [2.75, 3.05) is 17.2 Å². The van der Waals surface area contributed by atoms with Crippen molar-refractivity contribution in [2.45, 2.75) is 27.2 Å². The van der Waals surface area contributed by atoms with Gasteiger partial charge in [0.1, 0.15) is 5.75 Å². The number of amides is 1. The van der Waals surface area contributed by atoms with E-state index in [4.69, 9.17) is 4.74 Å². The smallest absolute Gasteiger partial charge is 0.225 e. The van der Waals surface area contributed by atoms with Crippen molar-refractivity contribution >= 4 is 44.5 Å². The third kappa shape index (κ3) is 4.39. The fraction of sp³-hybridized carbons (Fsp3) is 0.278. The summed E-state index contributed by atoms with van der Waals surface area (Å²) in [5, 5.41) is 9.50. The van der Waals surface area contributed by atoms with Crippen LogP contribution in [0.2, 0.25) is 0 Å². The maximum absolute atomic E-state index is 11.5. The molecule has 0 aliphatic heterocycles. The van der Waals surface area contributed by atoms with Crippen molar-refractivity contribution in [3.05, 3.63) is 35.3 Å².